The molecule has 0 saturated heterocycles. The minimum atomic E-state index is -3.36. The van der Waals surface area contributed by atoms with Crippen molar-refractivity contribution in [1.29, 1.82) is 0 Å². The van der Waals surface area contributed by atoms with Crippen molar-refractivity contribution in [3.8, 4) is 11.3 Å². The van der Waals surface area contributed by atoms with E-state index in [-0.39, 0.29) is 5.69 Å². The highest BCUT2D eigenvalue weighted by molar-refractivity contribution is 7.92. The number of pyridine rings is 1. The number of aromatic carboxylic acids is 1. The molecule has 0 saturated carbocycles. The van der Waals surface area contributed by atoms with E-state index in [2.05, 4.69) is 9.71 Å². The molecule has 20 heavy (non-hydrogen) atoms. The standard InChI is InChI=1S/C13H12N2O4S/c1-20(18,19)15-10-5-2-4-9(8-10)11-6-3-7-12(14-11)13(16)17/h2-8,15H,1H3,(H,16,17). The molecule has 1 heterocycles. The number of hydrogen-bond donors (Lipinski definition) is 2. The van der Waals surface area contributed by atoms with Gasteiger partial charge in [-0.25, -0.2) is 18.2 Å². The van der Waals surface area contributed by atoms with Crippen molar-refractivity contribution >= 4 is 21.7 Å². The van der Waals surface area contributed by atoms with Crippen molar-refractivity contribution in [2.45, 2.75) is 0 Å². The third-order valence-electron chi connectivity index (χ3n) is 2.43. The van der Waals surface area contributed by atoms with Gasteiger partial charge in [-0.3, -0.25) is 4.72 Å². The second-order valence-electron chi connectivity index (χ2n) is 4.17. The topological polar surface area (TPSA) is 96.4 Å². The fourth-order valence-corrected chi connectivity index (χ4v) is 2.23. The Kier molecular flexibility index (Phi) is 3.71. The molecule has 0 aliphatic carbocycles. The SMILES string of the molecule is CS(=O)(=O)Nc1cccc(-c2cccc(C(=O)O)n2)c1. The molecule has 1 aromatic carbocycles. The van der Waals surface area contributed by atoms with Crippen molar-refractivity contribution in [1.82, 2.24) is 4.98 Å². The highest BCUT2D eigenvalue weighted by Gasteiger charge is 2.08. The lowest BCUT2D eigenvalue weighted by Gasteiger charge is -2.07. The van der Waals surface area contributed by atoms with Crippen LogP contribution in [0.2, 0.25) is 0 Å². The van der Waals surface area contributed by atoms with Gasteiger partial charge >= 0.3 is 5.97 Å². The first-order valence-corrected chi connectivity index (χ1v) is 7.53. The number of sulfonamides is 1. The van der Waals surface area contributed by atoms with Crippen LogP contribution in [0.25, 0.3) is 11.3 Å². The van der Waals surface area contributed by atoms with E-state index >= 15 is 0 Å². The van der Waals surface area contributed by atoms with Crippen LogP contribution in [-0.2, 0) is 10.0 Å². The van der Waals surface area contributed by atoms with Gasteiger partial charge in [0.25, 0.3) is 0 Å². The van der Waals surface area contributed by atoms with Crippen LogP contribution in [0.3, 0.4) is 0 Å². The molecule has 7 heteroatoms. The molecule has 104 valence electrons. The number of rotatable bonds is 4. The lowest BCUT2D eigenvalue weighted by Crippen LogP contribution is -2.09. The second kappa shape index (κ2) is 5.30. The van der Waals surface area contributed by atoms with E-state index in [4.69, 9.17) is 5.11 Å². The molecule has 6 nitrogen and oxygen atoms in total. The Morgan fingerprint density at radius 3 is 2.55 bits per heavy atom. The summed E-state index contributed by atoms with van der Waals surface area (Å²) >= 11 is 0. The fraction of sp³-hybridized carbons (Fsp3) is 0.0769. The Morgan fingerprint density at radius 2 is 1.90 bits per heavy atom. The van der Waals surface area contributed by atoms with Gasteiger partial charge in [0.2, 0.25) is 10.0 Å². The number of benzene rings is 1. The number of hydrogen-bond acceptors (Lipinski definition) is 4. The Labute approximate surface area is 116 Å². The molecular weight excluding hydrogens is 280 g/mol. The molecule has 2 N–H and O–H groups in total. The van der Waals surface area contributed by atoms with E-state index in [0.717, 1.165) is 6.26 Å². The predicted molar refractivity (Wildman–Crippen MR) is 75.1 cm³/mol. The van der Waals surface area contributed by atoms with Crippen molar-refractivity contribution in [2.24, 2.45) is 0 Å². The van der Waals surface area contributed by atoms with Crippen LogP contribution in [0.15, 0.2) is 42.5 Å². The molecule has 0 aliphatic heterocycles. The Hall–Kier alpha value is -2.41. The Balaban J connectivity index is 2.41. The minimum absolute atomic E-state index is 0.0658. The summed E-state index contributed by atoms with van der Waals surface area (Å²) in [6, 6.07) is 11.2. The smallest absolute Gasteiger partial charge is 0.354 e. The average Bonchev–Trinajstić information content (AvgIpc) is 2.37. The third kappa shape index (κ3) is 3.55. The fourth-order valence-electron chi connectivity index (χ4n) is 1.67. The first kappa shape index (κ1) is 14.0. The number of nitrogens with zero attached hydrogens (tertiary/aromatic N) is 1. The van der Waals surface area contributed by atoms with Gasteiger partial charge in [-0.05, 0) is 24.3 Å². The zero-order valence-corrected chi connectivity index (χ0v) is 11.4. The summed E-state index contributed by atoms with van der Waals surface area (Å²) in [5.74, 6) is -1.11. The Morgan fingerprint density at radius 1 is 1.20 bits per heavy atom. The van der Waals surface area contributed by atoms with Gasteiger partial charge in [0.15, 0.2) is 0 Å². The molecule has 2 aromatic rings. The maximum absolute atomic E-state index is 11.2. The zero-order valence-electron chi connectivity index (χ0n) is 10.6. The first-order valence-electron chi connectivity index (χ1n) is 5.64. The van der Waals surface area contributed by atoms with Gasteiger partial charge in [0.05, 0.1) is 11.9 Å². The summed E-state index contributed by atoms with van der Waals surface area (Å²) in [5.41, 5.74) is 1.42. The normalized spacial score (nSPS) is 11.1. The number of carboxylic acid groups (broad SMARTS) is 1. The molecule has 0 unspecified atom stereocenters. The maximum Gasteiger partial charge on any atom is 0.354 e. The predicted octanol–water partition coefficient (Wildman–Crippen LogP) is 1.82. The first-order chi connectivity index (χ1) is 9.35. The van der Waals surface area contributed by atoms with E-state index < -0.39 is 16.0 Å². The van der Waals surface area contributed by atoms with Crippen molar-refractivity contribution in [3.63, 3.8) is 0 Å². The minimum Gasteiger partial charge on any atom is -0.477 e. The van der Waals surface area contributed by atoms with E-state index in [1.165, 1.54) is 6.07 Å². The van der Waals surface area contributed by atoms with Crippen LogP contribution >= 0.6 is 0 Å². The molecule has 0 radical (unpaired) electrons. The summed E-state index contributed by atoms with van der Waals surface area (Å²) in [4.78, 5) is 14.9. The van der Waals surface area contributed by atoms with Crippen molar-refractivity contribution in [3.05, 3.63) is 48.2 Å². The summed E-state index contributed by atoms with van der Waals surface area (Å²) in [6.07, 6.45) is 1.06. The molecule has 0 amide bonds. The van der Waals surface area contributed by atoms with Gasteiger partial charge in [0.1, 0.15) is 5.69 Å². The number of aromatic nitrogens is 1. The van der Waals surface area contributed by atoms with Crippen LogP contribution in [0, 0.1) is 0 Å². The number of carbonyl (C=O) groups is 1. The largest absolute Gasteiger partial charge is 0.477 e. The maximum atomic E-state index is 11.2. The lowest BCUT2D eigenvalue weighted by atomic mass is 10.1. The number of carboxylic acids is 1. The molecule has 1 aromatic heterocycles. The molecule has 0 aliphatic rings. The third-order valence-corrected chi connectivity index (χ3v) is 3.04. The summed E-state index contributed by atoms with van der Waals surface area (Å²) in [6.45, 7) is 0. The highest BCUT2D eigenvalue weighted by atomic mass is 32.2. The van der Waals surface area contributed by atoms with Gasteiger partial charge in [-0.2, -0.15) is 0 Å². The van der Waals surface area contributed by atoms with Crippen molar-refractivity contribution < 1.29 is 18.3 Å². The number of nitrogens with one attached hydrogen (secondary N) is 1. The molecule has 0 spiro atoms. The molecule has 0 bridgehead atoms. The number of anilines is 1. The van der Waals surface area contributed by atoms with Crippen LogP contribution < -0.4 is 4.72 Å². The van der Waals surface area contributed by atoms with E-state index in [9.17, 15) is 13.2 Å². The van der Waals surface area contributed by atoms with Crippen molar-refractivity contribution in [2.75, 3.05) is 11.0 Å². The van der Waals surface area contributed by atoms with Gasteiger partial charge in [-0.1, -0.05) is 18.2 Å². The summed E-state index contributed by atoms with van der Waals surface area (Å²) in [7, 11) is -3.36. The van der Waals surface area contributed by atoms with Crippen LogP contribution in [-0.4, -0.2) is 30.7 Å². The van der Waals surface area contributed by atoms with E-state index in [1.54, 1.807) is 36.4 Å². The van der Waals surface area contributed by atoms with Gasteiger partial charge in [0, 0.05) is 11.3 Å². The molecule has 0 atom stereocenters. The Bertz CT molecular complexity index is 756. The summed E-state index contributed by atoms with van der Waals surface area (Å²) in [5, 5.41) is 8.91. The molecule has 2 rings (SSSR count). The lowest BCUT2D eigenvalue weighted by molar-refractivity contribution is 0.0690. The van der Waals surface area contributed by atoms with Crippen LogP contribution in [0.5, 0.6) is 0 Å². The van der Waals surface area contributed by atoms with Gasteiger partial charge in [-0.15, -0.1) is 0 Å². The monoisotopic (exact) mass is 292 g/mol. The van der Waals surface area contributed by atoms with Crippen LogP contribution in [0.4, 0.5) is 5.69 Å². The van der Waals surface area contributed by atoms with E-state index in [1.807, 2.05) is 0 Å². The molecular formula is C13H12N2O4S. The van der Waals surface area contributed by atoms with Crippen LogP contribution in [0.1, 0.15) is 10.5 Å². The zero-order chi connectivity index (χ0) is 14.8. The second-order valence-corrected chi connectivity index (χ2v) is 5.92. The van der Waals surface area contributed by atoms with Gasteiger partial charge < -0.3 is 5.11 Å². The average molecular weight is 292 g/mol. The molecule has 0 fully saturated rings. The highest BCUT2D eigenvalue weighted by Crippen LogP contribution is 2.21. The summed E-state index contributed by atoms with van der Waals surface area (Å²) < 4.78 is 24.7. The quantitative estimate of drug-likeness (QED) is 0.896. The van der Waals surface area contributed by atoms with E-state index in [0.29, 0.717) is 16.9 Å².